The van der Waals surface area contributed by atoms with Gasteiger partial charge in [-0.05, 0) is 44.4 Å². The average Bonchev–Trinajstić information content (AvgIpc) is 2.96. The van der Waals surface area contributed by atoms with E-state index in [4.69, 9.17) is 0 Å². The summed E-state index contributed by atoms with van der Waals surface area (Å²) in [6.07, 6.45) is 1.04. The number of hydrogen-bond acceptors (Lipinski definition) is 6. The van der Waals surface area contributed by atoms with Gasteiger partial charge in [0, 0.05) is 12.2 Å². The summed E-state index contributed by atoms with van der Waals surface area (Å²) < 4.78 is 0.798. The first-order chi connectivity index (χ1) is 11.0. The highest BCUT2D eigenvalue weighted by molar-refractivity contribution is 8.02. The van der Waals surface area contributed by atoms with E-state index < -0.39 is 0 Å². The highest BCUT2D eigenvalue weighted by Gasteiger charge is 2.18. The Balaban J connectivity index is 1.94. The molecule has 0 saturated carbocycles. The van der Waals surface area contributed by atoms with Gasteiger partial charge in [0.05, 0.1) is 5.25 Å². The minimum atomic E-state index is -0.234. The fourth-order valence-electron chi connectivity index (χ4n) is 1.87. The lowest BCUT2D eigenvalue weighted by Gasteiger charge is -2.12. The number of aromatic nitrogens is 2. The zero-order valence-corrected chi connectivity index (χ0v) is 15.5. The van der Waals surface area contributed by atoms with Gasteiger partial charge in [0.15, 0.2) is 4.34 Å². The molecule has 5 nitrogen and oxygen atoms in total. The van der Waals surface area contributed by atoms with E-state index in [2.05, 4.69) is 27.8 Å². The van der Waals surface area contributed by atoms with Crippen molar-refractivity contribution in [1.29, 1.82) is 0 Å². The molecule has 1 aromatic heterocycles. The standard InChI is InChI=1S/C16H22N4OS2/c1-5-8-17-15-19-20-16(23-15)22-12(4)14(21)18-13-9-10(2)6-7-11(13)3/h6-7,9,12H,5,8H2,1-4H3,(H,17,19)(H,18,21)/t12-/m0/s1. The van der Waals surface area contributed by atoms with Crippen molar-refractivity contribution < 1.29 is 4.79 Å². The van der Waals surface area contributed by atoms with Crippen LogP contribution >= 0.6 is 23.1 Å². The maximum atomic E-state index is 12.4. The number of thioether (sulfide) groups is 1. The van der Waals surface area contributed by atoms with Gasteiger partial charge in [-0.3, -0.25) is 4.79 Å². The van der Waals surface area contributed by atoms with Crippen LogP contribution in [0, 0.1) is 13.8 Å². The second-order valence-electron chi connectivity index (χ2n) is 5.37. The van der Waals surface area contributed by atoms with Gasteiger partial charge < -0.3 is 10.6 Å². The van der Waals surface area contributed by atoms with E-state index in [1.165, 1.54) is 23.1 Å². The normalized spacial score (nSPS) is 12.0. The number of aryl methyl sites for hydroxylation is 2. The molecule has 0 aliphatic rings. The molecule has 0 fully saturated rings. The van der Waals surface area contributed by atoms with Crippen LogP contribution in [0.15, 0.2) is 22.5 Å². The molecule has 0 unspecified atom stereocenters. The lowest BCUT2D eigenvalue weighted by atomic mass is 10.1. The quantitative estimate of drug-likeness (QED) is 0.736. The van der Waals surface area contributed by atoms with Gasteiger partial charge in [0.1, 0.15) is 0 Å². The Bertz CT molecular complexity index is 672. The molecule has 1 atom stereocenters. The number of benzene rings is 1. The van der Waals surface area contributed by atoms with Gasteiger partial charge >= 0.3 is 0 Å². The van der Waals surface area contributed by atoms with E-state index in [0.717, 1.165) is 39.3 Å². The van der Waals surface area contributed by atoms with Crippen molar-refractivity contribution in [2.45, 2.75) is 43.7 Å². The predicted molar refractivity (Wildman–Crippen MR) is 98.6 cm³/mol. The number of carbonyl (C=O) groups is 1. The molecule has 0 bridgehead atoms. The van der Waals surface area contributed by atoms with Crippen LogP contribution in [0.1, 0.15) is 31.4 Å². The number of nitrogens with one attached hydrogen (secondary N) is 2. The van der Waals surface area contributed by atoms with Crippen LogP contribution in [0.3, 0.4) is 0 Å². The molecule has 0 aliphatic heterocycles. The molecular weight excluding hydrogens is 328 g/mol. The molecule has 0 saturated heterocycles. The number of hydrogen-bond donors (Lipinski definition) is 2. The van der Waals surface area contributed by atoms with Gasteiger partial charge in [0.25, 0.3) is 0 Å². The molecule has 2 N–H and O–H groups in total. The number of amides is 1. The van der Waals surface area contributed by atoms with Crippen LogP contribution in [0.2, 0.25) is 0 Å². The van der Waals surface area contributed by atoms with Crippen molar-refractivity contribution in [3.05, 3.63) is 29.3 Å². The fraction of sp³-hybridized carbons (Fsp3) is 0.438. The van der Waals surface area contributed by atoms with E-state index in [1.807, 2.05) is 39.0 Å². The first-order valence-electron chi connectivity index (χ1n) is 7.61. The number of nitrogens with zero attached hydrogens (tertiary/aromatic N) is 2. The summed E-state index contributed by atoms with van der Waals surface area (Å²) in [6.45, 7) is 8.86. The van der Waals surface area contributed by atoms with Gasteiger partial charge in [-0.2, -0.15) is 0 Å². The summed E-state index contributed by atoms with van der Waals surface area (Å²) in [6, 6.07) is 6.04. The first-order valence-corrected chi connectivity index (χ1v) is 9.31. The number of anilines is 2. The SMILES string of the molecule is CCCNc1nnc(S[C@@H](C)C(=O)Nc2cc(C)ccc2C)s1. The zero-order valence-electron chi connectivity index (χ0n) is 13.8. The van der Waals surface area contributed by atoms with E-state index in [1.54, 1.807) is 0 Å². The topological polar surface area (TPSA) is 66.9 Å². The van der Waals surface area contributed by atoms with Crippen LogP contribution in [0.4, 0.5) is 10.8 Å². The second kappa shape index (κ2) is 8.31. The zero-order chi connectivity index (χ0) is 16.8. The molecule has 1 heterocycles. The third-order valence-electron chi connectivity index (χ3n) is 3.23. The molecular formula is C16H22N4OS2. The third-order valence-corrected chi connectivity index (χ3v) is 5.30. The Kier molecular flexibility index (Phi) is 6.41. The van der Waals surface area contributed by atoms with Crippen molar-refractivity contribution >= 4 is 39.8 Å². The monoisotopic (exact) mass is 350 g/mol. The average molecular weight is 351 g/mol. The van der Waals surface area contributed by atoms with Crippen molar-refractivity contribution in [2.75, 3.05) is 17.2 Å². The molecule has 124 valence electrons. The summed E-state index contributed by atoms with van der Waals surface area (Å²) in [7, 11) is 0. The highest BCUT2D eigenvalue weighted by Crippen LogP contribution is 2.29. The maximum Gasteiger partial charge on any atom is 0.237 e. The summed E-state index contributed by atoms with van der Waals surface area (Å²) in [4.78, 5) is 12.4. The smallest absolute Gasteiger partial charge is 0.237 e. The van der Waals surface area contributed by atoms with Crippen molar-refractivity contribution in [3.8, 4) is 0 Å². The van der Waals surface area contributed by atoms with Crippen LogP contribution < -0.4 is 10.6 Å². The third kappa shape index (κ3) is 5.21. The van der Waals surface area contributed by atoms with Crippen molar-refractivity contribution in [2.24, 2.45) is 0 Å². The molecule has 2 aromatic rings. The van der Waals surface area contributed by atoms with Gasteiger partial charge in [-0.15, -0.1) is 10.2 Å². The molecule has 23 heavy (non-hydrogen) atoms. The molecule has 7 heteroatoms. The summed E-state index contributed by atoms with van der Waals surface area (Å²) in [5.74, 6) is -0.0260. The van der Waals surface area contributed by atoms with Gasteiger partial charge in [-0.1, -0.05) is 42.2 Å². The molecule has 0 spiro atoms. The molecule has 1 aromatic carbocycles. The van der Waals surface area contributed by atoms with Crippen molar-refractivity contribution in [1.82, 2.24) is 10.2 Å². The van der Waals surface area contributed by atoms with Crippen LogP contribution in [-0.4, -0.2) is 27.9 Å². The summed E-state index contributed by atoms with van der Waals surface area (Å²) in [5, 5.41) is 15.0. The van der Waals surface area contributed by atoms with Gasteiger partial charge in [-0.25, -0.2) is 0 Å². The Morgan fingerprint density at radius 3 is 2.87 bits per heavy atom. The minimum Gasteiger partial charge on any atom is -0.360 e. The summed E-state index contributed by atoms with van der Waals surface area (Å²) in [5.41, 5.74) is 3.05. The van der Waals surface area contributed by atoms with Gasteiger partial charge in [0.2, 0.25) is 11.0 Å². The Hall–Kier alpha value is -1.60. The fourth-order valence-corrected chi connectivity index (χ4v) is 3.79. The van der Waals surface area contributed by atoms with E-state index in [0.29, 0.717) is 0 Å². The largest absolute Gasteiger partial charge is 0.360 e. The van der Waals surface area contributed by atoms with E-state index in [9.17, 15) is 4.79 Å². The molecule has 2 rings (SSSR count). The molecule has 1 amide bonds. The molecule has 0 aliphatic carbocycles. The Morgan fingerprint density at radius 2 is 2.13 bits per heavy atom. The van der Waals surface area contributed by atoms with Crippen LogP contribution in [-0.2, 0) is 4.79 Å². The second-order valence-corrected chi connectivity index (χ2v) is 7.93. The Morgan fingerprint density at radius 1 is 1.35 bits per heavy atom. The van der Waals surface area contributed by atoms with Crippen molar-refractivity contribution in [3.63, 3.8) is 0 Å². The lowest BCUT2D eigenvalue weighted by molar-refractivity contribution is -0.115. The predicted octanol–water partition coefficient (Wildman–Crippen LogP) is 4.10. The number of rotatable bonds is 7. The lowest BCUT2D eigenvalue weighted by Crippen LogP contribution is -2.22. The van der Waals surface area contributed by atoms with E-state index >= 15 is 0 Å². The number of carbonyl (C=O) groups excluding carboxylic acids is 1. The Labute approximate surface area is 145 Å². The molecule has 0 radical (unpaired) electrons. The maximum absolute atomic E-state index is 12.4. The van der Waals surface area contributed by atoms with Crippen LogP contribution in [0.5, 0.6) is 0 Å². The van der Waals surface area contributed by atoms with E-state index in [-0.39, 0.29) is 11.2 Å². The highest BCUT2D eigenvalue weighted by atomic mass is 32.2. The first kappa shape index (κ1) is 17.7. The minimum absolute atomic E-state index is 0.0260. The summed E-state index contributed by atoms with van der Waals surface area (Å²) >= 11 is 2.91. The van der Waals surface area contributed by atoms with Crippen LogP contribution in [0.25, 0.3) is 0 Å².